The average Bonchev–Trinajstić information content (AvgIpc) is 2.43. The number of unbranched alkanes of at least 4 members (excludes halogenated alkanes) is 1. The lowest BCUT2D eigenvalue weighted by Crippen LogP contribution is -2.61. The number of esters is 1. The predicted octanol–water partition coefficient (Wildman–Crippen LogP) is 3.68. The topological polar surface area (TPSA) is 52.3 Å². The Balaban J connectivity index is 1.63. The molecule has 3 heteroatoms. The maximum Gasteiger partial charge on any atom is 0.305 e. The van der Waals surface area contributed by atoms with Crippen molar-refractivity contribution in [1.29, 1.82) is 0 Å². The summed E-state index contributed by atoms with van der Waals surface area (Å²) >= 11 is 0. The van der Waals surface area contributed by atoms with Crippen LogP contribution in [0, 0.1) is 23.2 Å². The van der Waals surface area contributed by atoms with E-state index in [1.54, 1.807) is 0 Å². The minimum absolute atomic E-state index is 0.0810. The summed E-state index contributed by atoms with van der Waals surface area (Å²) in [6, 6.07) is 0.370. The third kappa shape index (κ3) is 3.68. The Kier molecular flexibility index (Phi) is 5.48. The van der Waals surface area contributed by atoms with E-state index in [9.17, 15) is 4.79 Å². The van der Waals surface area contributed by atoms with Crippen LogP contribution < -0.4 is 5.73 Å². The van der Waals surface area contributed by atoms with Gasteiger partial charge in [-0.25, -0.2) is 0 Å². The zero-order valence-electron chi connectivity index (χ0n) is 13.8. The minimum atomic E-state index is -0.0810. The van der Waals surface area contributed by atoms with Crippen molar-refractivity contribution in [3.05, 3.63) is 12.2 Å². The normalized spacial score (nSPS) is 33.7. The van der Waals surface area contributed by atoms with E-state index in [2.05, 4.69) is 26.0 Å². The predicted molar refractivity (Wildman–Crippen MR) is 85.7 cm³/mol. The third-order valence-electron chi connectivity index (χ3n) is 5.81. The van der Waals surface area contributed by atoms with Crippen LogP contribution in [0.2, 0.25) is 0 Å². The maximum absolute atomic E-state index is 11.2. The first-order valence-corrected chi connectivity index (χ1v) is 8.53. The standard InChI is InChI=1S/C18H31NO2/c1-4-21-16(20)10-8-6-5-7-9-13-11-14-12-15(17(13)19)18(14,2)3/h5,7,13-15,17H,4,6,8-12,19H2,1-3H3/b7-5+. The molecule has 0 aliphatic heterocycles. The van der Waals surface area contributed by atoms with Crippen LogP contribution in [-0.4, -0.2) is 18.6 Å². The van der Waals surface area contributed by atoms with E-state index in [4.69, 9.17) is 10.5 Å². The summed E-state index contributed by atoms with van der Waals surface area (Å²) in [5.74, 6) is 2.17. The molecule has 0 aromatic rings. The lowest BCUT2D eigenvalue weighted by Gasteiger charge is -2.61. The summed E-state index contributed by atoms with van der Waals surface area (Å²) in [6.07, 6.45) is 10.6. The molecule has 3 rings (SSSR count). The molecule has 0 saturated heterocycles. The molecule has 0 aromatic carbocycles. The zero-order chi connectivity index (χ0) is 15.5. The number of hydrogen-bond acceptors (Lipinski definition) is 3. The fourth-order valence-corrected chi connectivity index (χ4v) is 4.20. The molecule has 4 unspecified atom stereocenters. The zero-order valence-corrected chi connectivity index (χ0v) is 13.8. The van der Waals surface area contributed by atoms with Gasteiger partial charge in [0.25, 0.3) is 0 Å². The van der Waals surface area contributed by atoms with Crippen LogP contribution in [0.1, 0.15) is 59.3 Å². The van der Waals surface area contributed by atoms with Crippen molar-refractivity contribution in [2.24, 2.45) is 28.9 Å². The van der Waals surface area contributed by atoms with Crippen LogP contribution in [0.4, 0.5) is 0 Å². The van der Waals surface area contributed by atoms with Gasteiger partial charge < -0.3 is 10.5 Å². The fraction of sp³-hybridized carbons (Fsp3) is 0.833. The Labute approximate surface area is 129 Å². The monoisotopic (exact) mass is 293 g/mol. The largest absolute Gasteiger partial charge is 0.466 e. The number of nitrogens with two attached hydrogens (primary N) is 1. The molecule has 4 atom stereocenters. The highest BCUT2D eigenvalue weighted by Crippen LogP contribution is 2.60. The quantitative estimate of drug-likeness (QED) is 0.442. The summed E-state index contributed by atoms with van der Waals surface area (Å²) < 4.78 is 4.91. The fourth-order valence-electron chi connectivity index (χ4n) is 4.20. The number of fused-ring (bicyclic) bond motifs is 2. The van der Waals surface area contributed by atoms with Crippen molar-refractivity contribution in [3.8, 4) is 0 Å². The number of hydrogen-bond donors (Lipinski definition) is 1. The van der Waals surface area contributed by atoms with Crippen LogP contribution in [0.25, 0.3) is 0 Å². The molecule has 0 spiro atoms. The lowest BCUT2D eigenvalue weighted by atomic mass is 9.45. The average molecular weight is 293 g/mol. The van der Waals surface area contributed by atoms with Gasteiger partial charge >= 0.3 is 5.97 Å². The van der Waals surface area contributed by atoms with E-state index in [0.29, 0.717) is 30.4 Å². The van der Waals surface area contributed by atoms with Gasteiger partial charge in [0.1, 0.15) is 0 Å². The molecule has 0 heterocycles. The molecule has 0 aromatic heterocycles. The number of ether oxygens (including phenoxy) is 1. The summed E-state index contributed by atoms with van der Waals surface area (Å²) in [6.45, 7) is 7.09. The van der Waals surface area contributed by atoms with Gasteiger partial charge in [0.2, 0.25) is 0 Å². The molecule has 21 heavy (non-hydrogen) atoms. The van der Waals surface area contributed by atoms with Crippen LogP contribution in [0.5, 0.6) is 0 Å². The second kappa shape index (κ2) is 6.95. The van der Waals surface area contributed by atoms with Gasteiger partial charge in [-0.2, -0.15) is 0 Å². The lowest BCUT2D eigenvalue weighted by molar-refractivity contribution is -0.143. The van der Waals surface area contributed by atoms with Gasteiger partial charge in [0.15, 0.2) is 0 Å². The van der Waals surface area contributed by atoms with Crippen LogP contribution in [0.3, 0.4) is 0 Å². The Morgan fingerprint density at radius 2 is 2.10 bits per heavy atom. The van der Waals surface area contributed by atoms with Crippen molar-refractivity contribution in [1.82, 2.24) is 0 Å². The molecule has 0 radical (unpaired) electrons. The molecule has 0 amide bonds. The third-order valence-corrected chi connectivity index (χ3v) is 5.81. The number of carbonyl (C=O) groups is 1. The van der Waals surface area contributed by atoms with Crippen molar-refractivity contribution >= 4 is 5.97 Å². The van der Waals surface area contributed by atoms with Crippen molar-refractivity contribution < 1.29 is 9.53 Å². The molecule has 3 nitrogen and oxygen atoms in total. The maximum atomic E-state index is 11.2. The molecular weight excluding hydrogens is 262 g/mol. The van der Waals surface area contributed by atoms with Gasteiger partial charge in [-0.3, -0.25) is 4.79 Å². The van der Waals surface area contributed by atoms with Crippen molar-refractivity contribution in [2.45, 2.75) is 65.3 Å². The SMILES string of the molecule is CCOC(=O)CCC/C=C/CC1CC2CC(C1N)C2(C)C. The van der Waals surface area contributed by atoms with E-state index >= 15 is 0 Å². The van der Waals surface area contributed by atoms with Gasteiger partial charge in [-0.05, 0) is 62.2 Å². The first-order chi connectivity index (χ1) is 9.96. The molecule has 3 aliphatic rings. The van der Waals surface area contributed by atoms with E-state index in [-0.39, 0.29) is 5.97 Å². The van der Waals surface area contributed by atoms with Gasteiger partial charge in [-0.15, -0.1) is 0 Å². The first kappa shape index (κ1) is 16.5. The van der Waals surface area contributed by atoms with E-state index in [1.165, 1.54) is 12.8 Å². The summed E-state index contributed by atoms with van der Waals surface area (Å²) in [5, 5.41) is 0. The smallest absolute Gasteiger partial charge is 0.305 e. The molecule has 3 saturated carbocycles. The van der Waals surface area contributed by atoms with Crippen molar-refractivity contribution in [2.75, 3.05) is 6.61 Å². The highest BCUT2D eigenvalue weighted by molar-refractivity contribution is 5.69. The van der Waals surface area contributed by atoms with Crippen molar-refractivity contribution in [3.63, 3.8) is 0 Å². The molecule has 2 bridgehead atoms. The highest BCUT2D eigenvalue weighted by Gasteiger charge is 2.56. The summed E-state index contributed by atoms with van der Waals surface area (Å²) in [7, 11) is 0. The Bertz CT molecular complexity index is 389. The number of carbonyl (C=O) groups excluding carboxylic acids is 1. The van der Waals surface area contributed by atoms with E-state index in [0.717, 1.165) is 31.1 Å². The Hall–Kier alpha value is -0.830. The number of rotatable bonds is 7. The minimum Gasteiger partial charge on any atom is -0.466 e. The molecule has 120 valence electrons. The Morgan fingerprint density at radius 3 is 2.71 bits per heavy atom. The van der Waals surface area contributed by atoms with Gasteiger partial charge in [0.05, 0.1) is 6.61 Å². The van der Waals surface area contributed by atoms with E-state index in [1.807, 2.05) is 6.92 Å². The van der Waals surface area contributed by atoms with Crippen LogP contribution >= 0.6 is 0 Å². The number of allylic oxidation sites excluding steroid dienone is 2. The molecular formula is C18H31NO2. The summed E-state index contributed by atoms with van der Waals surface area (Å²) in [5.41, 5.74) is 6.93. The molecule has 3 fully saturated rings. The van der Waals surface area contributed by atoms with Crippen LogP contribution in [-0.2, 0) is 9.53 Å². The van der Waals surface area contributed by atoms with Gasteiger partial charge in [0, 0.05) is 12.5 Å². The summed E-state index contributed by atoms with van der Waals surface area (Å²) in [4.78, 5) is 11.2. The molecule has 3 aliphatic carbocycles. The first-order valence-electron chi connectivity index (χ1n) is 8.53. The van der Waals surface area contributed by atoms with Gasteiger partial charge in [-0.1, -0.05) is 26.0 Å². The van der Waals surface area contributed by atoms with E-state index < -0.39 is 0 Å². The van der Waals surface area contributed by atoms with Crippen LogP contribution in [0.15, 0.2) is 12.2 Å². The second-order valence-corrected chi connectivity index (χ2v) is 7.34. The Morgan fingerprint density at radius 1 is 1.33 bits per heavy atom. The second-order valence-electron chi connectivity index (χ2n) is 7.34. The molecule has 2 N–H and O–H groups in total. The highest BCUT2D eigenvalue weighted by atomic mass is 16.5.